The van der Waals surface area contributed by atoms with E-state index in [0.29, 0.717) is 28.9 Å². The van der Waals surface area contributed by atoms with Gasteiger partial charge in [0.25, 0.3) is 0 Å². The lowest BCUT2D eigenvalue weighted by Crippen LogP contribution is -2.16. The molecule has 0 aliphatic carbocycles. The van der Waals surface area contributed by atoms with Crippen molar-refractivity contribution in [2.75, 3.05) is 6.79 Å². The first-order valence-corrected chi connectivity index (χ1v) is 5.49. The highest BCUT2D eigenvalue weighted by Crippen LogP contribution is 2.34. The molecule has 18 heavy (non-hydrogen) atoms. The quantitative estimate of drug-likeness (QED) is 0.747. The molecule has 0 saturated carbocycles. The Hall–Kier alpha value is -2.55. The maximum Gasteiger partial charge on any atom is 0.231 e. The maximum atomic E-state index is 12.0. The van der Waals surface area contributed by atoms with Crippen LogP contribution in [0.5, 0.6) is 11.5 Å². The predicted molar refractivity (Wildman–Crippen MR) is 62.5 cm³/mol. The molecule has 0 atom stereocenters. The van der Waals surface area contributed by atoms with Crippen molar-refractivity contribution < 1.29 is 9.47 Å². The second-order valence-electron chi connectivity index (χ2n) is 3.83. The van der Waals surface area contributed by atoms with Crippen LogP contribution >= 0.6 is 0 Å². The lowest BCUT2D eigenvalue weighted by atomic mass is 10.2. The standard InChI is InChI=1S/C12H9N3O3/c1-2-15-9-4-11-10(17-6-18-11)3-7(9)12(16)8(5-13)14-15/h3-4H,2,6H2,1H3. The van der Waals surface area contributed by atoms with Crippen LogP contribution in [0.4, 0.5) is 0 Å². The van der Waals surface area contributed by atoms with Gasteiger partial charge in [-0.15, -0.1) is 0 Å². The van der Waals surface area contributed by atoms with Crippen LogP contribution in [0.1, 0.15) is 12.6 Å². The van der Waals surface area contributed by atoms with Gasteiger partial charge in [-0.3, -0.25) is 9.48 Å². The molecule has 2 heterocycles. The lowest BCUT2D eigenvalue weighted by Gasteiger charge is -2.08. The molecule has 0 saturated heterocycles. The van der Waals surface area contributed by atoms with E-state index in [1.54, 1.807) is 16.8 Å². The van der Waals surface area contributed by atoms with Crippen molar-refractivity contribution in [2.24, 2.45) is 0 Å². The summed E-state index contributed by atoms with van der Waals surface area (Å²) in [6.45, 7) is 2.60. The molecule has 2 aromatic rings. The Morgan fingerprint density at radius 2 is 2.17 bits per heavy atom. The highest BCUT2D eigenvalue weighted by molar-refractivity contribution is 5.83. The van der Waals surface area contributed by atoms with Crippen LogP contribution in [0.2, 0.25) is 0 Å². The second kappa shape index (κ2) is 3.74. The molecule has 90 valence electrons. The molecule has 0 unspecified atom stereocenters. The minimum absolute atomic E-state index is 0.108. The number of benzene rings is 1. The molecule has 0 radical (unpaired) electrons. The number of fused-ring (bicyclic) bond motifs is 2. The van der Waals surface area contributed by atoms with E-state index in [-0.39, 0.29) is 17.9 Å². The molecule has 0 N–H and O–H groups in total. The molecule has 1 aliphatic heterocycles. The Bertz CT molecular complexity index is 743. The van der Waals surface area contributed by atoms with E-state index in [2.05, 4.69) is 5.10 Å². The monoisotopic (exact) mass is 243 g/mol. The highest BCUT2D eigenvalue weighted by Gasteiger charge is 2.18. The normalized spacial score (nSPS) is 12.7. The van der Waals surface area contributed by atoms with Gasteiger partial charge in [0.05, 0.1) is 10.9 Å². The molecular formula is C12H9N3O3. The summed E-state index contributed by atoms with van der Waals surface area (Å²) in [5.41, 5.74) is 0.157. The van der Waals surface area contributed by atoms with E-state index in [0.717, 1.165) is 0 Å². The number of rotatable bonds is 1. The molecular weight excluding hydrogens is 234 g/mol. The zero-order chi connectivity index (χ0) is 12.7. The van der Waals surface area contributed by atoms with Gasteiger partial charge in [0, 0.05) is 12.6 Å². The topological polar surface area (TPSA) is 77.1 Å². The number of aromatic nitrogens is 2. The van der Waals surface area contributed by atoms with Gasteiger partial charge in [-0.1, -0.05) is 0 Å². The summed E-state index contributed by atoms with van der Waals surface area (Å²) in [5, 5.41) is 13.3. The SMILES string of the molecule is CCn1nc(C#N)c(=O)c2cc3c(cc21)OCO3. The smallest absolute Gasteiger partial charge is 0.231 e. The van der Waals surface area contributed by atoms with Crippen molar-refractivity contribution in [3.8, 4) is 17.6 Å². The maximum absolute atomic E-state index is 12.0. The van der Waals surface area contributed by atoms with Crippen molar-refractivity contribution >= 4 is 10.9 Å². The van der Waals surface area contributed by atoms with Crippen molar-refractivity contribution in [3.05, 3.63) is 28.0 Å². The fourth-order valence-corrected chi connectivity index (χ4v) is 1.99. The third-order valence-electron chi connectivity index (χ3n) is 2.85. The minimum atomic E-state index is -0.379. The number of nitriles is 1. The summed E-state index contributed by atoms with van der Waals surface area (Å²) >= 11 is 0. The summed E-state index contributed by atoms with van der Waals surface area (Å²) in [6.07, 6.45) is 0. The molecule has 1 aromatic carbocycles. The van der Waals surface area contributed by atoms with Crippen LogP contribution in [0, 0.1) is 11.3 Å². The van der Waals surface area contributed by atoms with Crippen LogP contribution in [-0.2, 0) is 6.54 Å². The zero-order valence-corrected chi connectivity index (χ0v) is 9.64. The number of hydrogen-bond donors (Lipinski definition) is 0. The molecule has 0 fully saturated rings. The molecule has 0 bridgehead atoms. The van der Waals surface area contributed by atoms with Crippen molar-refractivity contribution in [1.29, 1.82) is 5.26 Å². The zero-order valence-electron chi connectivity index (χ0n) is 9.64. The summed E-state index contributed by atoms with van der Waals surface area (Å²) in [6, 6.07) is 5.14. The third kappa shape index (κ3) is 1.34. The van der Waals surface area contributed by atoms with E-state index in [9.17, 15) is 4.79 Å². The second-order valence-corrected chi connectivity index (χ2v) is 3.83. The van der Waals surface area contributed by atoms with Crippen molar-refractivity contribution in [2.45, 2.75) is 13.5 Å². The van der Waals surface area contributed by atoms with Gasteiger partial charge in [-0.25, -0.2) is 0 Å². The van der Waals surface area contributed by atoms with E-state index in [4.69, 9.17) is 14.7 Å². The van der Waals surface area contributed by atoms with Crippen molar-refractivity contribution in [3.63, 3.8) is 0 Å². The molecule has 6 heteroatoms. The fraction of sp³-hybridized carbons (Fsp3) is 0.250. The van der Waals surface area contributed by atoms with Crippen LogP contribution in [0.15, 0.2) is 16.9 Å². The highest BCUT2D eigenvalue weighted by atomic mass is 16.7. The average molecular weight is 243 g/mol. The molecule has 6 nitrogen and oxygen atoms in total. The van der Waals surface area contributed by atoms with E-state index < -0.39 is 0 Å². The first-order valence-electron chi connectivity index (χ1n) is 5.49. The van der Waals surface area contributed by atoms with Gasteiger partial charge >= 0.3 is 0 Å². The summed E-state index contributed by atoms with van der Waals surface area (Å²) in [4.78, 5) is 12.0. The lowest BCUT2D eigenvalue weighted by molar-refractivity contribution is 0.174. The number of ether oxygens (including phenoxy) is 2. The molecule has 0 spiro atoms. The van der Waals surface area contributed by atoms with Crippen LogP contribution in [-0.4, -0.2) is 16.6 Å². The van der Waals surface area contributed by atoms with Gasteiger partial charge in [0.15, 0.2) is 11.5 Å². The minimum Gasteiger partial charge on any atom is -0.454 e. The molecule has 0 amide bonds. The Morgan fingerprint density at radius 3 is 2.83 bits per heavy atom. The Labute approximate surface area is 102 Å². The van der Waals surface area contributed by atoms with Crippen molar-refractivity contribution in [1.82, 2.24) is 9.78 Å². The van der Waals surface area contributed by atoms with Gasteiger partial charge in [-0.05, 0) is 13.0 Å². The number of aryl methyl sites for hydroxylation is 1. The summed E-state index contributed by atoms with van der Waals surface area (Å²) in [7, 11) is 0. The van der Waals surface area contributed by atoms with E-state index >= 15 is 0 Å². The fourth-order valence-electron chi connectivity index (χ4n) is 1.99. The number of nitrogens with zero attached hydrogens (tertiary/aromatic N) is 3. The van der Waals surface area contributed by atoms with Crippen LogP contribution in [0.25, 0.3) is 10.9 Å². The average Bonchev–Trinajstić information content (AvgIpc) is 2.85. The molecule has 1 aromatic heterocycles. The Kier molecular flexibility index (Phi) is 2.20. The van der Waals surface area contributed by atoms with Crippen LogP contribution < -0.4 is 14.9 Å². The molecule has 1 aliphatic rings. The van der Waals surface area contributed by atoms with E-state index in [1.165, 1.54) is 0 Å². The summed E-state index contributed by atoms with van der Waals surface area (Å²) < 4.78 is 12.1. The Balaban J connectivity index is 2.45. The van der Waals surface area contributed by atoms with Gasteiger partial charge in [0.2, 0.25) is 17.9 Å². The molecule has 3 rings (SSSR count). The van der Waals surface area contributed by atoms with E-state index in [1.807, 2.05) is 13.0 Å². The third-order valence-corrected chi connectivity index (χ3v) is 2.85. The van der Waals surface area contributed by atoms with Gasteiger partial charge in [-0.2, -0.15) is 10.4 Å². The van der Waals surface area contributed by atoms with Crippen LogP contribution in [0.3, 0.4) is 0 Å². The van der Waals surface area contributed by atoms with Gasteiger partial charge < -0.3 is 9.47 Å². The summed E-state index contributed by atoms with van der Waals surface area (Å²) in [5.74, 6) is 1.12. The first-order chi connectivity index (χ1) is 8.74. The Morgan fingerprint density at radius 1 is 1.44 bits per heavy atom. The van der Waals surface area contributed by atoms with Gasteiger partial charge in [0.1, 0.15) is 6.07 Å². The first kappa shape index (κ1) is 10.6. The largest absolute Gasteiger partial charge is 0.454 e. The predicted octanol–water partition coefficient (Wildman–Crippen LogP) is 1.02. The number of hydrogen-bond acceptors (Lipinski definition) is 5.